The summed E-state index contributed by atoms with van der Waals surface area (Å²) in [6.07, 6.45) is 2.48. The minimum Gasteiger partial charge on any atom is -0.344 e. The zero-order valence-corrected chi connectivity index (χ0v) is 19.7. The van der Waals surface area contributed by atoms with Gasteiger partial charge in [-0.15, -0.1) is 0 Å². The molecule has 1 unspecified atom stereocenters. The van der Waals surface area contributed by atoms with Crippen molar-refractivity contribution in [1.29, 1.82) is 0 Å². The van der Waals surface area contributed by atoms with Crippen LogP contribution in [0.2, 0.25) is 0 Å². The Morgan fingerprint density at radius 1 is 1.18 bits per heavy atom. The van der Waals surface area contributed by atoms with Crippen molar-refractivity contribution in [3.8, 4) is 0 Å². The quantitative estimate of drug-likeness (QED) is 0.576. The normalized spacial score (nSPS) is 19.4. The average Bonchev–Trinajstić information content (AvgIpc) is 2.78. The maximum atomic E-state index is 14.0. The second-order valence-electron chi connectivity index (χ2n) is 7.88. The van der Waals surface area contributed by atoms with Gasteiger partial charge in [-0.2, -0.15) is 13.2 Å². The second-order valence-corrected chi connectivity index (χ2v) is 9.23. The molecule has 1 saturated heterocycles. The lowest BCUT2D eigenvalue weighted by molar-refractivity contribution is -0.187. The molecule has 7 nitrogen and oxygen atoms in total. The summed E-state index contributed by atoms with van der Waals surface area (Å²) >= 11 is 1.44. The van der Waals surface area contributed by atoms with Gasteiger partial charge >= 0.3 is 6.18 Å². The van der Waals surface area contributed by atoms with E-state index in [9.17, 15) is 13.2 Å². The highest BCUT2D eigenvalue weighted by molar-refractivity contribution is 7.96. The number of hydrogen-bond acceptors (Lipinski definition) is 8. The van der Waals surface area contributed by atoms with E-state index < -0.39 is 12.2 Å². The number of pyridine rings is 1. The lowest BCUT2D eigenvalue weighted by Gasteiger charge is -2.44. The highest BCUT2D eigenvalue weighted by Gasteiger charge is 2.47. The number of halogens is 3. The first-order valence-electron chi connectivity index (χ1n) is 10.9. The standard InChI is InChI=1S/C23H26F3N7S/c1-4-34-32-9-10-33(19(14-32)23(24,25)26)22-13-18(11-15(2)29-22)17-5-7-28-21(12-17)31-20-6-8-27-16(3)30-20/h5-8,11-13,19,29H,2,4,9-10,14H2,1,3H3,(H,27,28,30,31). The maximum absolute atomic E-state index is 14.0. The largest absolute Gasteiger partial charge is 0.410 e. The molecule has 2 aromatic heterocycles. The number of nitrogens with one attached hydrogen (secondary N) is 2. The van der Waals surface area contributed by atoms with Crippen LogP contribution in [-0.4, -0.2) is 61.8 Å². The van der Waals surface area contributed by atoms with Gasteiger partial charge in [-0.1, -0.05) is 25.5 Å². The lowest BCUT2D eigenvalue weighted by atomic mass is 10.0. The monoisotopic (exact) mass is 489 g/mol. The van der Waals surface area contributed by atoms with E-state index in [4.69, 9.17) is 0 Å². The molecule has 0 radical (unpaired) electrons. The Balaban J connectivity index is 1.60. The number of hydrogen-bond donors (Lipinski definition) is 2. The van der Waals surface area contributed by atoms with E-state index in [0.29, 0.717) is 35.5 Å². The summed E-state index contributed by atoms with van der Waals surface area (Å²) in [6.45, 7) is 8.41. The van der Waals surface area contributed by atoms with Gasteiger partial charge in [-0.25, -0.2) is 19.3 Å². The number of alkyl halides is 3. The molecule has 2 aliphatic rings. The summed E-state index contributed by atoms with van der Waals surface area (Å²) in [6, 6.07) is 3.76. The number of rotatable bonds is 6. The van der Waals surface area contributed by atoms with Crippen LogP contribution in [0.15, 0.2) is 60.8 Å². The first kappa shape index (κ1) is 24.1. The van der Waals surface area contributed by atoms with E-state index in [2.05, 4.69) is 32.2 Å². The molecule has 1 fully saturated rings. The molecule has 4 heterocycles. The van der Waals surface area contributed by atoms with Crippen molar-refractivity contribution in [3.63, 3.8) is 0 Å². The molecule has 0 amide bonds. The Hall–Kier alpha value is -3.05. The third-order valence-electron chi connectivity index (χ3n) is 5.38. The summed E-state index contributed by atoms with van der Waals surface area (Å²) in [5.74, 6) is 2.93. The molecule has 1 atom stereocenters. The van der Waals surface area contributed by atoms with Crippen LogP contribution in [0.1, 0.15) is 18.3 Å². The molecule has 0 bridgehead atoms. The summed E-state index contributed by atoms with van der Waals surface area (Å²) in [4.78, 5) is 14.1. The zero-order chi connectivity index (χ0) is 24.3. The molecule has 0 spiro atoms. The van der Waals surface area contributed by atoms with Gasteiger partial charge in [-0.05, 0) is 48.4 Å². The molecule has 180 valence electrons. The van der Waals surface area contributed by atoms with Crippen LogP contribution in [0.5, 0.6) is 0 Å². The van der Waals surface area contributed by atoms with Crippen LogP contribution >= 0.6 is 11.9 Å². The molecular weight excluding hydrogens is 463 g/mol. The van der Waals surface area contributed by atoms with E-state index in [-0.39, 0.29) is 13.1 Å². The molecule has 0 aliphatic carbocycles. The van der Waals surface area contributed by atoms with Crippen LogP contribution < -0.4 is 10.6 Å². The SMILES string of the molecule is C=C1C=C(c2ccnc(Nc3ccnc(C)n3)c2)C=C(N2CCN(SCC)CC2C(F)(F)F)N1. The summed E-state index contributed by atoms with van der Waals surface area (Å²) in [7, 11) is 0. The molecule has 2 aliphatic heterocycles. The average molecular weight is 490 g/mol. The fourth-order valence-corrected chi connectivity index (χ4v) is 4.72. The number of nitrogens with zero attached hydrogens (tertiary/aromatic N) is 5. The van der Waals surface area contributed by atoms with E-state index in [0.717, 1.165) is 16.9 Å². The molecule has 2 aromatic rings. The Bertz CT molecular complexity index is 1120. The highest BCUT2D eigenvalue weighted by atomic mass is 32.2. The Labute approximate surface area is 201 Å². The van der Waals surface area contributed by atoms with Crippen molar-refractivity contribution in [2.75, 3.05) is 30.7 Å². The van der Waals surface area contributed by atoms with E-state index >= 15 is 0 Å². The van der Waals surface area contributed by atoms with Crippen LogP contribution in [0.25, 0.3) is 5.57 Å². The number of anilines is 2. The first-order chi connectivity index (χ1) is 16.2. The molecule has 0 aromatic carbocycles. The fraction of sp³-hybridized carbons (Fsp3) is 0.348. The molecule has 4 rings (SSSR count). The summed E-state index contributed by atoms with van der Waals surface area (Å²) in [5, 5.41) is 6.18. The topological polar surface area (TPSA) is 69.2 Å². The van der Waals surface area contributed by atoms with Gasteiger partial charge in [0.15, 0.2) is 0 Å². The predicted molar refractivity (Wildman–Crippen MR) is 129 cm³/mol. The minimum atomic E-state index is -4.36. The van der Waals surface area contributed by atoms with E-state index in [1.165, 1.54) is 16.8 Å². The molecule has 11 heteroatoms. The van der Waals surface area contributed by atoms with Crippen molar-refractivity contribution < 1.29 is 13.2 Å². The van der Waals surface area contributed by atoms with Gasteiger partial charge in [0.2, 0.25) is 0 Å². The lowest BCUT2D eigenvalue weighted by Crippen LogP contribution is -2.58. The Morgan fingerprint density at radius 3 is 2.71 bits per heavy atom. The third kappa shape index (κ3) is 5.71. The van der Waals surface area contributed by atoms with Crippen LogP contribution in [0, 0.1) is 6.92 Å². The summed E-state index contributed by atoms with van der Waals surface area (Å²) in [5.41, 5.74) is 2.07. The van der Waals surface area contributed by atoms with Crippen LogP contribution in [0.3, 0.4) is 0 Å². The number of allylic oxidation sites excluding steroid dienone is 3. The van der Waals surface area contributed by atoms with Crippen LogP contribution in [-0.2, 0) is 0 Å². The van der Waals surface area contributed by atoms with Gasteiger partial charge in [-0.3, -0.25) is 0 Å². The fourth-order valence-electron chi connectivity index (χ4n) is 3.90. The number of piperazine rings is 1. The number of aromatic nitrogens is 3. The van der Waals surface area contributed by atoms with Crippen molar-refractivity contribution in [2.24, 2.45) is 0 Å². The molecular formula is C23H26F3N7S. The number of aryl methyl sites for hydroxylation is 1. The number of dihydropyridines is 1. The highest BCUT2D eigenvalue weighted by Crippen LogP contribution is 2.34. The van der Waals surface area contributed by atoms with Crippen molar-refractivity contribution in [3.05, 3.63) is 72.2 Å². The maximum Gasteiger partial charge on any atom is 0.410 e. The Kier molecular flexibility index (Phi) is 7.13. The molecule has 34 heavy (non-hydrogen) atoms. The van der Waals surface area contributed by atoms with Crippen molar-refractivity contribution in [2.45, 2.75) is 26.1 Å². The second kappa shape index (κ2) is 10.1. The predicted octanol–water partition coefficient (Wildman–Crippen LogP) is 4.48. The van der Waals surface area contributed by atoms with Gasteiger partial charge in [0.05, 0.1) is 0 Å². The van der Waals surface area contributed by atoms with Gasteiger partial charge in [0, 0.05) is 43.5 Å². The molecule has 0 saturated carbocycles. The molecule has 2 N–H and O–H groups in total. The third-order valence-corrected chi connectivity index (χ3v) is 6.33. The smallest absolute Gasteiger partial charge is 0.344 e. The summed E-state index contributed by atoms with van der Waals surface area (Å²) < 4.78 is 43.7. The first-order valence-corrected chi connectivity index (χ1v) is 11.8. The van der Waals surface area contributed by atoms with E-state index in [1.807, 2.05) is 25.1 Å². The zero-order valence-electron chi connectivity index (χ0n) is 18.9. The van der Waals surface area contributed by atoms with Gasteiger partial charge in [0.25, 0.3) is 0 Å². The Morgan fingerprint density at radius 2 is 1.97 bits per heavy atom. The van der Waals surface area contributed by atoms with Crippen molar-refractivity contribution >= 4 is 29.2 Å². The van der Waals surface area contributed by atoms with Crippen LogP contribution in [0.4, 0.5) is 24.8 Å². The van der Waals surface area contributed by atoms with E-state index in [1.54, 1.807) is 35.8 Å². The van der Waals surface area contributed by atoms with Gasteiger partial charge in [0.1, 0.15) is 29.3 Å². The van der Waals surface area contributed by atoms with Gasteiger partial charge < -0.3 is 15.5 Å². The van der Waals surface area contributed by atoms with Crippen molar-refractivity contribution in [1.82, 2.24) is 29.5 Å². The minimum absolute atomic E-state index is 0.0891.